The first kappa shape index (κ1) is 16.4. The van der Waals surface area contributed by atoms with E-state index in [1.165, 1.54) is 10.9 Å². The first-order chi connectivity index (χ1) is 12.7. The van der Waals surface area contributed by atoms with Gasteiger partial charge in [-0.15, -0.1) is 0 Å². The van der Waals surface area contributed by atoms with Crippen LogP contribution in [0.4, 0.5) is 0 Å². The third-order valence-electron chi connectivity index (χ3n) is 4.46. The molecule has 0 aromatic carbocycles. The van der Waals surface area contributed by atoms with Crippen molar-refractivity contribution in [1.29, 1.82) is 0 Å². The third-order valence-corrected chi connectivity index (χ3v) is 4.46. The molecule has 0 saturated heterocycles. The van der Waals surface area contributed by atoms with Gasteiger partial charge in [0.25, 0.3) is 0 Å². The van der Waals surface area contributed by atoms with E-state index in [0.29, 0.717) is 0 Å². The van der Waals surface area contributed by atoms with Crippen molar-refractivity contribution in [2.75, 3.05) is 0 Å². The van der Waals surface area contributed by atoms with Crippen molar-refractivity contribution in [3.8, 4) is 0 Å². The number of aromatic amines is 1. The molecule has 5 heteroatoms. The van der Waals surface area contributed by atoms with Gasteiger partial charge in [-0.1, -0.05) is 6.07 Å². The molecule has 0 spiro atoms. The molecule has 4 rings (SSSR count). The van der Waals surface area contributed by atoms with E-state index < -0.39 is 0 Å². The van der Waals surface area contributed by atoms with E-state index >= 15 is 0 Å². The number of rotatable bonds is 5. The van der Waals surface area contributed by atoms with Crippen LogP contribution in [0.15, 0.2) is 49.1 Å². The van der Waals surface area contributed by atoms with Crippen LogP contribution < -0.4 is 0 Å². The van der Waals surface area contributed by atoms with E-state index in [4.69, 9.17) is 0 Å². The number of aryl methyl sites for hydroxylation is 4. The quantitative estimate of drug-likeness (QED) is 0.599. The zero-order valence-electron chi connectivity index (χ0n) is 15.0. The number of aromatic nitrogens is 5. The molecule has 4 aromatic heterocycles. The highest BCUT2D eigenvalue weighted by Crippen LogP contribution is 2.20. The molecule has 0 unspecified atom stereocenters. The van der Waals surface area contributed by atoms with Crippen LogP contribution in [-0.2, 0) is 19.3 Å². The summed E-state index contributed by atoms with van der Waals surface area (Å²) in [5.74, 6) is 0.855. The lowest BCUT2D eigenvalue weighted by Gasteiger charge is -2.04. The molecular formula is C21H21N5. The van der Waals surface area contributed by atoms with Gasteiger partial charge in [-0.2, -0.15) is 0 Å². The Morgan fingerprint density at radius 1 is 0.962 bits per heavy atom. The molecule has 4 heterocycles. The molecule has 0 aliphatic heterocycles. The lowest BCUT2D eigenvalue weighted by Crippen LogP contribution is -2.01. The molecule has 26 heavy (non-hydrogen) atoms. The van der Waals surface area contributed by atoms with Crippen molar-refractivity contribution in [2.45, 2.75) is 33.1 Å². The molecule has 1 N–H and O–H groups in total. The summed E-state index contributed by atoms with van der Waals surface area (Å²) in [7, 11) is 0. The Labute approximate surface area is 152 Å². The van der Waals surface area contributed by atoms with Gasteiger partial charge in [0.2, 0.25) is 0 Å². The van der Waals surface area contributed by atoms with Crippen LogP contribution in [0.25, 0.3) is 11.0 Å². The first-order valence-electron chi connectivity index (χ1n) is 8.82. The Morgan fingerprint density at radius 3 is 2.62 bits per heavy atom. The fraction of sp³-hybridized carbons (Fsp3) is 0.238. The lowest BCUT2D eigenvalue weighted by molar-refractivity contribution is 0.825. The molecule has 0 radical (unpaired) electrons. The average molecular weight is 343 g/mol. The number of nitrogens with one attached hydrogen (secondary N) is 1. The number of fused-ring (bicyclic) bond motifs is 1. The van der Waals surface area contributed by atoms with Crippen molar-refractivity contribution < 1.29 is 0 Å². The molecule has 0 aliphatic carbocycles. The minimum absolute atomic E-state index is 0.796. The highest BCUT2D eigenvalue weighted by molar-refractivity contribution is 5.80. The predicted molar refractivity (Wildman–Crippen MR) is 102 cm³/mol. The van der Waals surface area contributed by atoms with Gasteiger partial charge in [0, 0.05) is 54.4 Å². The van der Waals surface area contributed by atoms with Crippen LogP contribution in [-0.4, -0.2) is 24.9 Å². The molecule has 0 amide bonds. The molecular weight excluding hydrogens is 322 g/mol. The fourth-order valence-electron chi connectivity index (χ4n) is 3.11. The summed E-state index contributed by atoms with van der Waals surface area (Å²) in [6.45, 7) is 4.07. The van der Waals surface area contributed by atoms with Gasteiger partial charge in [-0.25, -0.2) is 15.0 Å². The second-order valence-electron chi connectivity index (χ2n) is 6.68. The molecule has 130 valence electrons. The second-order valence-corrected chi connectivity index (χ2v) is 6.68. The van der Waals surface area contributed by atoms with Gasteiger partial charge >= 0.3 is 0 Å². The number of nitrogens with zero attached hydrogens (tertiary/aromatic N) is 4. The summed E-state index contributed by atoms with van der Waals surface area (Å²) in [6.07, 6.45) is 10.2. The largest absolute Gasteiger partial charge is 0.346 e. The smallest absolute Gasteiger partial charge is 0.137 e. The van der Waals surface area contributed by atoms with Gasteiger partial charge in [0.15, 0.2) is 0 Å². The Bertz CT molecular complexity index is 1030. The van der Waals surface area contributed by atoms with Crippen molar-refractivity contribution in [1.82, 2.24) is 24.9 Å². The summed E-state index contributed by atoms with van der Waals surface area (Å²) in [5, 5.41) is 1.17. The molecule has 0 bridgehead atoms. The topological polar surface area (TPSA) is 67.3 Å². The van der Waals surface area contributed by atoms with E-state index in [1.807, 2.05) is 43.8 Å². The maximum atomic E-state index is 4.53. The van der Waals surface area contributed by atoms with E-state index in [1.54, 1.807) is 0 Å². The number of H-pyrrole nitrogens is 1. The summed E-state index contributed by atoms with van der Waals surface area (Å²) < 4.78 is 0. The van der Waals surface area contributed by atoms with Gasteiger partial charge in [-0.05, 0) is 55.2 Å². The first-order valence-corrected chi connectivity index (χ1v) is 8.82. The number of hydrogen-bond donors (Lipinski definition) is 1. The van der Waals surface area contributed by atoms with Crippen molar-refractivity contribution in [3.05, 3.63) is 83.0 Å². The maximum Gasteiger partial charge on any atom is 0.137 e. The van der Waals surface area contributed by atoms with Crippen molar-refractivity contribution in [3.63, 3.8) is 0 Å². The highest BCUT2D eigenvalue weighted by Gasteiger charge is 2.07. The summed E-state index contributed by atoms with van der Waals surface area (Å²) in [6, 6.07) is 8.27. The zero-order chi connectivity index (χ0) is 17.9. The van der Waals surface area contributed by atoms with E-state index in [9.17, 15) is 0 Å². The normalized spacial score (nSPS) is 11.2. The van der Waals surface area contributed by atoms with Crippen molar-refractivity contribution >= 4 is 11.0 Å². The minimum Gasteiger partial charge on any atom is -0.346 e. The van der Waals surface area contributed by atoms with E-state index in [-0.39, 0.29) is 0 Å². The van der Waals surface area contributed by atoms with Gasteiger partial charge in [0.05, 0.1) is 0 Å². The highest BCUT2D eigenvalue weighted by atomic mass is 14.9. The fourth-order valence-corrected chi connectivity index (χ4v) is 3.11. The maximum absolute atomic E-state index is 4.53. The monoisotopic (exact) mass is 343 g/mol. The van der Waals surface area contributed by atoms with Crippen LogP contribution in [0.3, 0.4) is 0 Å². The van der Waals surface area contributed by atoms with Crippen LogP contribution in [0, 0.1) is 13.8 Å². The van der Waals surface area contributed by atoms with Crippen LogP contribution in [0.1, 0.15) is 33.9 Å². The molecule has 0 atom stereocenters. The summed E-state index contributed by atoms with van der Waals surface area (Å²) in [5.41, 5.74) is 6.53. The van der Waals surface area contributed by atoms with E-state index in [2.05, 4.69) is 44.0 Å². The van der Waals surface area contributed by atoms with Crippen molar-refractivity contribution in [2.24, 2.45) is 0 Å². The Kier molecular flexibility index (Phi) is 4.44. The Hall–Kier alpha value is -3.08. The second kappa shape index (κ2) is 7.04. The van der Waals surface area contributed by atoms with Crippen LogP contribution in [0.5, 0.6) is 0 Å². The van der Waals surface area contributed by atoms with Gasteiger partial charge in [0.1, 0.15) is 11.5 Å². The van der Waals surface area contributed by atoms with Gasteiger partial charge in [-0.3, -0.25) is 4.98 Å². The van der Waals surface area contributed by atoms with Crippen LogP contribution in [0.2, 0.25) is 0 Å². The predicted octanol–water partition coefficient (Wildman–Crippen LogP) is 3.74. The minimum atomic E-state index is 0.796. The third kappa shape index (κ3) is 3.61. The molecule has 0 saturated carbocycles. The van der Waals surface area contributed by atoms with Gasteiger partial charge < -0.3 is 4.98 Å². The number of hydrogen-bond acceptors (Lipinski definition) is 4. The molecule has 4 aromatic rings. The molecule has 5 nitrogen and oxygen atoms in total. The standard InChI is InChI=1S/C21H21N5/c1-14-8-19-17(13-25-21(19)24-10-14)9-16-11-22-20(23-12-16)7-6-18-5-3-4-15(2)26-18/h3-5,8,10-13H,6-7,9H2,1-2H3,(H,24,25). The van der Waals surface area contributed by atoms with E-state index in [0.717, 1.165) is 53.2 Å². The Morgan fingerprint density at radius 2 is 1.81 bits per heavy atom. The zero-order valence-corrected chi connectivity index (χ0v) is 15.0. The Balaban J connectivity index is 1.44. The molecule has 0 fully saturated rings. The molecule has 0 aliphatic rings. The SMILES string of the molecule is Cc1cnc2[nH]cc(Cc3cnc(CCc4cccc(C)n4)nc3)c2c1. The summed E-state index contributed by atoms with van der Waals surface area (Å²) >= 11 is 0. The number of pyridine rings is 2. The van der Waals surface area contributed by atoms with Crippen LogP contribution >= 0.6 is 0 Å². The summed E-state index contributed by atoms with van der Waals surface area (Å²) in [4.78, 5) is 21.2. The lowest BCUT2D eigenvalue weighted by atomic mass is 10.1. The average Bonchev–Trinajstić information content (AvgIpc) is 3.03.